The van der Waals surface area contributed by atoms with Crippen LogP contribution in [-0.2, 0) is 11.8 Å². The molecular weight excluding hydrogens is 597 g/mol. The monoisotopic (exact) mass is 628 g/mol. The van der Waals surface area contributed by atoms with Crippen molar-refractivity contribution in [2.45, 2.75) is 24.8 Å². The average Bonchev–Trinajstić information content (AvgIpc) is 3.63. The molecule has 3 aliphatic rings. The number of fused-ring (bicyclic) bond motifs is 6. The van der Waals surface area contributed by atoms with E-state index in [0.717, 1.165) is 44.8 Å². The number of aromatic nitrogens is 1. The Morgan fingerprint density at radius 2 is 1.47 bits per heavy atom. The minimum absolute atomic E-state index is 0.118. The summed E-state index contributed by atoms with van der Waals surface area (Å²) in [5.41, 5.74) is 12.8. The Bertz CT molecular complexity index is 2480. The number of benzene rings is 5. The lowest BCUT2D eigenvalue weighted by Crippen LogP contribution is -2.39. The second-order valence-corrected chi connectivity index (χ2v) is 13.3. The summed E-state index contributed by atoms with van der Waals surface area (Å²) < 4.78 is 2.34. The van der Waals surface area contributed by atoms with Crippen molar-refractivity contribution in [1.82, 2.24) is 4.57 Å². The number of allylic oxidation sites excluding steroid dienone is 3. The molecule has 9 rings (SSSR count). The van der Waals surface area contributed by atoms with E-state index in [0.29, 0.717) is 12.0 Å². The van der Waals surface area contributed by atoms with Crippen LogP contribution in [0.3, 0.4) is 0 Å². The molecule has 0 spiro atoms. The number of hydrogen-bond donors (Lipinski definition) is 0. The molecule has 0 bridgehead atoms. The number of nitriles is 2. The highest BCUT2D eigenvalue weighted by Gasteiger charge is 2.46. The molecule has 5 aromatic carbocycles. The SMILES string of the molecule is CC12C=CC=CC1N(c1ccc(C#N)c(-c3ccc(-c4ccccc4-n4c5c(c6ccccc64)CC(C#N)C=C5)cc3)c1)c1ccccc12. The van der Waals surface area contributed by atoms with Gasteiger partial charge in [0.05, 0.1) is 40.9 Å². The van der Waals surface area contributed by atoms with Gasteiger partial charge in [-0.15, -0.1) is 0 Å². The lowest BCUT2D eigenvalue weighted by atomic mass is 9.76. The van der Waals surface area contributed by atoms with Crippen LogP contribution >= 0.6 is 0 Å². The van der Waals surface area contributed by atoms with Gasteiger partial charge in [0.25, 0.3) is 0 Å². The standard InChI is InChI=1S/C45H32N4/c1-45-25-9-8-16-44(45)48(43-15-7-4-12-39(43)45)34-23-22-33(29-47)37(27-34)32-20-18-31(19-21-32)35-10-2-5-13-40(35)49-41-14-6-3-11-36(41)38-26-30(28-46)17-24-42(38)49/h2-25,27,30,44H,26H2,1H3. The molecule has 49 heavy (non-hydrogen) atoms. The zero-order valence-corrected chi connectivity index (χ0v) is 27.1. The van der Waals surface area contributed by atoms with Crippen LogP contribution in [0.5, 0.6) is 0 Å². The fourth-order valence-electron chi connectivity index (χ4n) is 8.24. The fourth-order valence-corrected chi connectivity index (χ4v) is 8.24. The molecule has 0 N–H and O–H groups in total. The zero-order valence-electron chi connectivity index (χ0n) is 27.1. The predicted octanol–water partition coefficient (Wildman–Crippen LogP) is 10.4. The van der Waals surface area contributed by atoms with Crippen LogP contribution in [0.15, 0.2) is 146 Å². The van der Waals surface area contributed by atoms with Crippen LogP contribution in [0.4, 0.5) is 11.4 Å². The van der Waals surface area contributed by atoms with E-state index in [9.17, 15) is 10.5 Å². The fraction of sp³-hybridized carbons (Fsp3) is 0.111. The lowest BCUT2D eigenvalue weighted by molar-refractivity contribution is 0.551. The summed E-state index contributed by atoms with van der Waals surface area (Å²) in [6, 6.07) is 45.5. The van der Waals surface area contributed by atoms with Crippen molar-refractivity contribution >= 4 is 28.4 Å². The van der Waals surface area contributed by atoms with Gasteiger partial charge in [-0.2, -0.15) is 10.5 Å². The number of anilines is 2. The van der Waals surface area contributed by atoms with E-state index < -0.39 is 0 Å². The molecule has 0 saturated carbocycles. The maximum atomic E-state index is 10.2. The van der Waals surface area contributed by atoms with Crippen molar-refractivity contribution in [1.29, 1.82) is 10.5 Å². The van der Waals surface area contributed by atoms with Crippen molar-refractivity contribution in [3.05, 3.63) is 168 Å². The Hall–Kier alpha value is -6.36. The molecule has 3 unspecified atom stereocenters. The smallest absolute Gasteiger partial charge is 0.0998 e. The van der Waals surface area contributed by atoms with E-state index in [4.69, 9.17) is 0 Å². The van der Waals surface area contributed by atoms with Gasteiger partial charge in [-0.05, 0) is 78.1 Å². The lowest BCUT2D eigenvalue weighted by Gasteiger charge is -2.34. The highest BCUT2D eigenvalue weighted by atomic mass is 15.2. The quantitative estimate of drug-likeness (QED) is 0.195. The molecule has 232 valence electrons. The Balaban J connectivity index is 1.13. The van der Waals surface area contributed by atoms with Crippen molar-refractivity contribution in [3.8, 4) is 40.1 Å². The first-order chi connectivity index (χ1) is 24.1. The van der Waals surface area contributed by atoms with E-state index in [1.807, 2.05) is 12.1 Å². The van der Waals surface area contributed by atoms with Crippen LogP contribution < -0.4 is 4.90 Å². The Morgan fingerprint density at radius 3 is 2.29 bits per heavy atom. The van der Waals surface area contributed by atoms with E-state index in [1.54, 1.807) is 0 Å². The number of nitrogens with zero attached hydrogens (tertiary/aromatic N) is 4. The predicted molar refractivity (Wildman–Crippen MR) is 199 cm³/mol. The molecule has 4 heteroatoms. The number of hydrogen-bond acceptors (Lipinski definition) is 3. The molecule has 1 aliphatic heterocycles. The Kier molecular flexibility index (Phi) is 6.54. The largest absolute Gasteiger partial charge is 0.333 e. The third-order valence-corrected chi connectivity index (χ3v) is 10.6. The Morgan fingerprint density at radius 1 is 0.735 bits per heavy atom. The van der Waals surface area contributed by atoms with Crippen LogP contribution in [0.2, 0.25) is 0 Å². The van der Waals surface area contributed by atoms with Gasteiger partial charge in [0.2, 0.25) is 0 Å². The summed E-state index contributed by atoms with van der Waals surface area (Å²) in [5.74, 6) is -0.118. The Labute approximate surface area is 286 Å². The topological polar surface area (TPSA) is 55.8 Å². The highest BCUT2D eigenvalue weighted by molar-refractivity contribution is 5.93. The minimum Gasteiger partial charge on any atom is -0.333 e. The van der Waals surface area contributed by atoms with Gasteiger partial charge in [-0.25, -0.2) is 0 Å². The molecule has 4 nitrogen and oxygen atoms in total. The molecular formula is C45H32N4. The van der Waals surface area contributed by atoms with E-state index >= 15 is 0 Å². The van der Waals surface area contributed by atoms with Crippen LogP contribution in [0, 0.1) is 28.6 Å². The molecule has 3 atom stereocenters. The van der Waals surface area contributed by atoms with Crippen molar-refractivity contribution in [2.24, 2.45) is 5.92 Å². The number of rotatable bonds is 4. The second-order valence-electron chi connectivity index (χ2n) is 13.3. The maximum absolute atomic E-state index is 10.2. The van der Waals surface area contributed by atoms with Crippen molar-refractivity contribution < 1.29 is 0 Å². The van der Waals surface area contributed by atoms with Gasteiger partial charge < -0.3 is 9.47 Å². The molecule has 6 aromatic rings. The van der Waals surface area contributed by atoms with Crippen LogP contribution in [0.25, 0.3) is 44.9 Å². The van der Waals surface area contributed by atoms with Crippen LogP contribution in [0.1, 0.15) is 29.3 Å². The minimum atomic E-state index is -0.133. The van der Waals surface area contributed by atoms with Gasteiger partial charge in [0.1, 0.15) is 0 Å². The molecule has 0 amide bonds. The summed E-state index contributed by atoms with van der Waals surface area (Å²) in [7, 11) is 0. The molecule has 2 aliphatic carbocycles. The molecule has 1 aromatic heterocycles. The average molecular weight is 629 g/mol. The van der Waals surface area contributed by atoms with Gasteiger partial charge in [-0.3, -0.25) is 0 Å². The second kappa shape index (κ2) is 11.1. The van der Waals surface area contributed by atoms with Gasteiger partial charge >= 0.3 is 0 Å². The first-order valence-corrected chi connectivity index (χ1v) is 16.8. The number of para-hydroxylation sites is 3. The van der Waals surface area contributed by atoms with Gasteiger partial charge in [-0.1, -0.05) is 109 Å². The van der Waals surface area contributed by atoms with Crippen molar-refractivity contribution in [3.63, 3.8) is 0 Å². The summed E-state index contributed by atoms with van der Waals surface area (Å²) in [4.78, 5) is 2.42. The molecule has 0 saturated heterocycles. The summed E-state index contributed by atoms with van der Waals surface area (Å²) >= 11 is 0. The highest BCUT2D eigenvalue weighted by Crippen LogP contribution is 2.51. The normalized spacial score (nSPS) is 20.0. The van der Waals surface area contributed by atoms with Gasteiger partial charge in [0, 0.05) is 39.0 Å². The maximum Gasteiger partial charge on any atom is 0.0998 e. The summed E-state index contributed by atoms with van der Waals surface area (Å²) in [6.07, 6.45) is 13.7. The van der Waals surface area contributed by atoms with Crippen LogP contribution in [-0.4, -0.2) is 10.6 Å². The van der Waals surface area contributed by atoms with Crippen molar-refractivity contribution in [2.75, 3.05) is 4.90 Å². The first-order valence-electron chi connectivity index (χ1n) is 16.8. The molecule has 2 heterocycles. The van der Waals surface area contributed by atoms with E-state index in [2.05, 4.69) is 168 Å². The summed E-state index contributed by atoms with van der Waals surface area (Å²) in [6.45, 7) is 2.31. The van der Waals surface area contributed by atoms with E-state index in [-0.39, 0.29) is 17.4 Å². The molecule has 0 fully saturated rings. The summed E-state index contributed by atoms with van der Waals surface area (Å²) in [5, 5.41) is 21.1. The molecule has 0 radical (unpaired) electrons. The third kappa shape index (κ3) is 4.35. The third-order valence-electron chi connectivity index (χ3n) is 10.6. The first kappa shape index (κ1) is 28.8. The van der Waals surface area contributed by atoms with Gasteiger partial charge in [0.15, 0.2) is 0 Å². The zero-order chi connectivity index (χ0) is 33.1. The van der Waals surface area contributed by atoms with E-state index in [1.165, 1.54) is 22.2 Å².